The lowest BCUT2D eigenvalue weighted by Gasteiger charge is -2.32. The zero-order chi connectivity index (χ0) is 13.1. The van der Waals surface area contributed by atoms with E-state index in [-0.39, 0.29) is 18.8 Å². The van der Waals surface area contributed by atoms with Gasteiger partial charge in [-0.05, 0) is 12.1 Å². The van der Waals surface area contributed by atoms with Crippen LogP contribution in [0.25, 0.3) is 0 Å². The number of carbonyl (C=O) groups excluding carboxylic acids is 1. The maximum atomic E-state index is 12.1. The van der Waals surface area contributed by atoms with Gasteiger partial charge in [-0.15, -0.1) is 0 Å². The molecule has 7 nitrogen and oxygen atoms in total. The van der Waals surface area contributed by atoms with Gasteiger partial charge in [-0.25, -0.2) is 9.78 Å². The summed E-state index contributed by atoms with van der Waals surface area (Å²) in [6.07, 6.45) is 1.36. The summed E-state index contributed by atoms with van der Waals surface area (Å²) in [4.78, 5) is 28.3. The first-order valence-corrected chi connectivity index (χ1v) is 5.42. The van der Waals surface area contributed by atoms with Gasteiger partial charge in [0.15, 0.2) is 6.04 Å². The Kier molecular flexibility index (Phi) is 3.42. The molecule has 1 fully saturated rings. The van der Waals surface area contributed by atoms with Crippen LogP contribution in [-0.2, 0) is 9.53 Å². The van der Waals surface area contributed by atoms with Gasteiger partial charge in [-0.3, -0.25) is 4.79 Å². The number of nitrogen functional groups attached to an aromatic ring is 1. The van der Waals surface area contributed by atoms with Crippen LogP contribution in [0.1, 0.15) is 10.5 Å². The minimum Gasteiger partial charge on any atom is -0.480 e. The molecule has 1 aromatic rings. The van der Waals surface area contributed by atoms with Crippen molar-refractivity contribution in [3.63, 3.8) is 0 Å². The number of hydrogen-bond acceptors (Lipinski definition) is 5. The van der Waals surface area contributed by atoms with Crippen LogP contribution in [0.15, 0.2) is 18.3 Å². The molecule has 1 amide bonds. The molecule has 1 atom stereocenters. The topological polar surface area (TPSA) is 106 Å². The van der Waals surface area contributed by atoms with E-state index in [4.69, 9.17) is 15.6 Å². The van der Waals surface area contributed by atoms with Gasteiger partial charge in [0.1, 0.15) is 5.69 Å². The zero-order valence-corrected chi connectivity index (χ0v) is 9.57. The average Bonchev–Trinajstić information content (AvgIpc) is 2.39. The second kappa shape index (κ2) is 5.01. The van der Waals surface area contributed by atoms with Crippen LogP contribution in [-0.4, -0.2) is 52.7 Å². The molecule has 0 radical (unpaired) electrons. The van der Waals surface area contributed by atoms with Crippen molar-refractivity contribution in [1.82, 2.24) is 9.88 Å². The molecule has 1 unspecified atom stereocenters. The normalized spacial score (nSPS) is 19.6. The Bertz CT molecular complexity index is 460. The first kappa shape index (κ1) is 12.3. The van der Waals surface area contributed by atoms with Crippen molar-refractivity contribution in [1.29, 1.82) is 0 Å². The van der Waals surface area contributed by atoms with Crippen molar-refractivity contribution >= 4 is 17.6 Å². The third kappa shape index (κ3) is 2.40. The maximum Gasteiger partial charge on any atom is 0.328 e. The summed E-state index contributed by atoms with van der Waals surface area (Å²) in [6, 6.07) is 2.06. The predicted octanol–water partition coefficient (Wildman–Crippen LogP) is -0.411. The molecule has 2 heterocycles. The number of carboxylic acid groups (broad SMARTS) is 1. The van der Waals surface area contributed by atoms with E-state index in [1.165, 1.54) is 17.2 Å². The number of hydrogen-bond donors (Lipinski definition) is 2. The smallest absolute Gasteiger partial charge is 0.328 e. The summed E-state index contributed by atoms with van der Waals surface area (Å²) < 4.78 is 5.06. The molecule has 96 valence electrons. The lowest BCUT2D eigenvalue weighted by atomic mass is 10.2. The molecule has 18 heavy (non-hydrogen) atoms. The SMILES string of the molecule is Nc1ccc(C(=O)N2CCOCC2C(=O)O)nc1. The lowest BCUT2D eigenvalue weighted by Crippen LogP contribution is -2.52. The van der Waals surface area contributed by atoms with Gasteiger partial charge >= 0.3 is 5.97 Å². The molecule has 3 N–H and O–H groups in total. The number of carbonyl (C=O) groups is 2. The highest BCUT2D eigenvalue weighted by Gasteiger charge is 2.33. The van der Waals surface area contributed by atoms with Gasteiger partial charge in [0.25, 0.3) is 5.91 Å². The summed E-state index contributed by atoms with van der Waals surface area (Å²) in [6.45, 7) is 0.558. The van der Waals surface area contributed by atoms with E-state index < -0.39 is 17.9 Å². The highest BCUT2D eigenvalue weighted by molar-refractivity contribution is 5.95. The number of rotatable bonds is 2. The van der Waals surface area contributed by atoms with E-state index in [2.05, 4.69) is 4.98 Å². The number of pyridine rings is 1. The molecule has 7 heteroatoms. The molecule has 1 saturated heterocycles. The first-order valence-electron chi connectivity index (χ1n) is 5.42. The lowest BCUT2D eigenvalue weighted by molar-refractivity contribution is -0.147. The van der Waals surface area contributed by atoms with E-state index >= 15 is 0 Å². The van der Waals surface area contributed by atoms with Gasteiger partial charge < -0.3 is 20.5 Å². The van der Waals surface area contributed by atoms with E-state index in [1.807, 2.05) is 0 Å². The third-order valence-electron chi connectivity index (χ3n) is 2.68. The Hall–Kier alpha value is -2.15. The molecule has 0 aromatic carbocycles. The molecular formula is C11H13N3O4. The van der Waals surface area contributed by atoms with Crippen LogP contribution in [0, 0.1) is 0 Å². The fourth-order valence-electron chi connectivity index (χ4n) is 1.73. The minimum atomic E-state index is -1.08. The van der Waals surface area contributed by atoms with Crippen molar-refractivity contribution in [2.45, 2.75) is 6.04 Å². The monoisotopic (exact) mass is 251 g/mol. The second-order valence-corrected chi connectivity index (χ2v) is 3.90. The van der Waals surface area contributed by atoms with Crippen molar-refractivity contribution < 1.29 is 19.4 Å². The van der Waals surface area contributed by atoms with Gasteiger partial charge in [-0.2, -0.15) is 0 Å². The number of carboxylic acids is 1. The largest absolute Gasteiger partial charge is 0.480 e. The number of nitrogens with two attached hydrogens (primary N) is 1. The summed E-state index contributed by atoms with van der Waals surface area (Å²) >= 11 is 0. The van der Waals surface area contributed by atoms with Gasteiger partial charge in [0.05, 0.1) is 25.1 Å². The van der Waals surface area contributed by atoms with Gasteiger partial charge in [0, 0.05) is 6.54 Å². The number of nitrogens with zero attached hydrogens (tertiary/aromatic N) is 2. The number of ether oxygens (including phenoxy) is 1. The molecule has 2 rings (SSSR count). The Morgan fingerprint density at radius 3 is 2.89 bits per heavy atom. The Morgan fingerprint density at radius 1 is 1.50 bits per heavy atom. The van der Waals surface area contributed by atoms with Crippen molar-refractivity contribution in [2.24, 2.45) is 0 Å². The summed E-state index contributed by atoms with van der Waals surface area (Å²) in [7, 11) is 0. The van der Waals surface area contributed by atoms with Gasteiger partial charge in [0.2, 0.25) is 0 Å². The summed E-state index contributed by atoms with van der Waals surface area (Å²) in [5, 5.41) is 9.03. The summed E-state index contributed by atoms with van der Waals surface area (Å²) in [5.74, 6) is -1.51. The van der Waals surface area contributed by atoms with Crippen LogP contribution in [0.3, 0.4) is 0 Å². The Morgan fingerprint density at radius 2 is 2.28 bits per heavy atom. The van der Waals surface area contributed by atoms with Crippen LogP contribution < -0.4 is 5.73 Å². The maximum absolute atomic E-state index is 12.1. The van der Waals surface area contributed by atoms with Crippen LogP contribution >= 0.6 is 0 Å². The molecule has 1 aromatic heterocycles. The fourth-order valence-corrected chi connectivity index (χ4v) is 1.73. The first-order chi connectivity index (χ1) is 8.59. The number of aromatic nitrogens is 1. The molecule has 0 bridgehead atoms. The number of aliphatic carboxylic acids is 1. The van der Waals surface area contributed by atoms with Gasteiger partial charge in [-0.1, -0.05) is 0 Å². The summed E-state index contributed by atoms with van der Waals surface area (Å²) in [5.41, 5.74) is 6.10. The molecule has 0 aliphatic carbocycles. The predicted molar refractivity (Wildman–Crippen MR) is 61.9 cm³/mol. The molecule has 1 aliphatic rings. The third-order valence-corrected chi connectivity index (χ3v) is 2.68. The number of anilines is 1. The molecule has 0 saturated carbocycles. The van der Waals surface area contributed by atoms with Crippen molar-refractivity contribution in [3.8, 4) is 0 Å². The Balaban J connectivity index is 2.20. The van der Waals surface area contributed by atoms with Crippen LogP contribution in [0.2, 0.25) is 0 Å². The highest BCUT2D eigenvalue weighted by atomic mass is 16.5. The van der Waals surface area contributed by atoms with E-state index in [0.29, 0.717) is 12.3 Å². The molecule has 0 spiro atoms. The average molecular weight is 251 g/mol. The van der Waals surface area contributed by atoms with Crippen LogP contribution in [0.4, 0.5) is 5.69 Å². The molecule has 1 aliphatic heterocycles. The quantitative estimate of drug-likeness (QED) is 0.740. The van der Waals surface area contributed by atoms with E-state index in [0.717, 1.165) is 0 Å². The standard InChI is InChI=1S/C11H13N3O4/c12-7-1-2-8(13-5-7)10(15)14-3-4-18-6-9(14)11(16)17/h1-2,5,9H,3-4,6,12H2,(H,16,17). The fraction of sp³-hybridized carbons (Fsp3) is 0.364. The van der Waals surface area contributed by atoms with E-state index in [9.17, 15) is 9.59 Å². The Labute approximate surface area is 103 Å². The van der Waals surface area contributed by atoms with E-state index in [1.54, 1.807) is 6.07 Å². The van der Waals surface area contributed by atoms with Crippen molar-refractivity contribution in [2.75, 3.05) is 25.5 Å². The highest BCUT2D eigenvalue weighted by Crippen LogP contribution is 2.12. The number of amides is 1. The minimum absolute atomic E-state index is 0.00392. The van der Waals surface area contributed by atoms with Crippen LogP contribution in [0.5, 0.6) is 0 Å². The number of morpholine rings is 1. The zero-order valence-electron chi connectivity index (χ0n) is 9.57. The molecular weight excluding hydrogens is 238 g/mol. The second-order valence-electron chi connectivity index (χ2n) is 3.90. The van der Waals surface area contributed by atoms with Crippen molar-refractivity contribution in [3.05, 3.63) is 24.0 Å².